The van der Waals surface area contributed by atoms with Gasteiger partial charge in [-0.3, -0.25) is 10.1 Å². The number of rotatable bonds is 1. The van der Waals surface area contributed by atoms with Gasteiger partial charge in [-0.05, 0) is 0 Å². The number of alkyl halides is 5. The molecular weight excluding hydrogens is 279 g/mol. The summed E-state index contributed by atoms with van der Waals surface area (Å²) in [5, 5.41) is 9.61. The van der Waals surface area contributed by atoms with Crippen molar-refractivity contribution in [1.29, 1.82) is 0 Å². The van der Waals surface area contributed by atoms with E-state index in [4.69, 9.17) is 9.90 Å². The molecule has 0 aromatic rings. The van der Waals surface area contributed by atoms with E-state index in [9.17, 15) is 26.7 Å². The molecule has 1 rings (SSSR count). The normalized spacial score (nSPS) is 21.3. The molecule has 0 saturated carbocycles. The number of likely N-dealkylation sites (N-methyl/N-ethyl adjacent to an activating group) is 1. The maximum atomic E-state index is 12.6. The van der Waals surface area contributed by atoms with Crippen LogP contribution < -0.4 is 5.32 Å². The molecule has 1 amide bonds. The molecule has 0 radical (unpaired) electrons. The minimum Gasteiger partial charge on any atom is -0.475 e. The molecule has 2 N–H and O–H groups in total. The fourth-order valence-electron chi connectivity index (χ4n) is 1.20. The predicted octanol–water partition coefficient (Wildman–Crippen LogP) is 0.705. The van der Waals surface area contributed by atoms with E-state index in [-0.39, 0.29) is 12.3 Å². The number of carbonyl (C=O) groups is 2. The summed E-state index contributed by atoms with van der Waals surface area (Å²) in [6, 6.07) is -0.713. The van der Waals surface area contributed by atoms with E-state index in [1.54, 1.807) is 14.1 Å². The van der Waals surface area contributed by atoms with Crippen LogP contribution in [0.3, 0.4) is 0 Å². The van der Waals surface area contributed by atoms with Gasteiger partial charge in [0.1, 0.15) is 0 Å². The second-order valence-electron chi connectivity index (χ2n) is 4.03. The lowest BCUT2D eigenvalue weighted by atomic mass is 10.2. The molecular formula is C9H13F5N2O3. The largest absolute Gasteiger partial charge is 0.490 e. The Morgan fingerprint density at radius 3 is 1.95 bits per heavy atom. The maximum absolute atomic E-state index is 12.6. The minimum absolute atomic E-state index is 0.285. The first-order valence-electron chi connectivity index (χ1n) is 4.99. The van der Waals surface area contributed by atoms with Crippen LogP contribution in [0, 0.1) is 0 Å². The van der Waals surface area contributed by atoms with E-state index in [0.29, 0.717) is 0 Å². The Labute approximate surface area is 105 Å². The first-order chi connectivity index (χ1) is 8.37. The van der Waals surface area contributed by atoms with E-state index < -0.39 is 30.7 Å². The fourth-order valence-corrected chi connectivity index (χ4v) is 1.20. The number of carboxylic acid groups (broad SMARTS) is 1. The molecule has 1 heterocycles. The molecule has 112 valence electrons. The van der Waals surface area contributed by atoms with Crippen LogP contribution in [0.15, 0.2) is 0 Å². The average molecular weight is 292 g/mol. The van der Waals surface area contributed by atoms with Crippen molar-refractivity contribution in [3.63, 3.8) is 0 Å². The van der Waals surface area contributed by atoms with E-state index in [0.717, 1.165) is 0 Å². The molecule has 1 saturated heterocycles. The molecule has 0 aromatic carbocycles. The van der Waals surface area contributed by atoms with Gasteiger partial charge in [-0.25, -0.2) is 13.6 Å². The standard InChI is InChI=1S/C7H12F2N2O.C2HF3O2/c1-11(2)6(12)5-3-7(8,9)4-10-5;3-2(4,5)1(6)7/h5,10H,3-4H2,1-2H3;(H,6,7)/t5-;/m0./s1. The van der Waals surface area contributed by atoms with Gasteiger partial charge in [-0.1, -0.05) is 0 Å². The third-order valence-electron chi connectivity index (χ3n) is 2.09. The first kappa shape index (κ1) is 17.6. The van der Waals surface area contributed by atoms with E-state index in [1.807, 2.05) is 0 Å². The van der Waals surface area contributed by atoms with Crippen LogP contribution in [0.5, 0.6) is 0 Å². The van der Waals surface area contributed by atoms with Crippen molar-refractivity contribution in [2.45, 2.75) is 24.6 Å². The highest BCUT2D eigenvalue weighted by Gasteiger charge is 2.42. The number of hydrogen-bond donors (Lipinski definition) is 2. The zero-order chi connectivity index (χ0) is 15.4. The number of halogens is 5. The number of nitrogens with zero attached hydrogens (tertiary/aromatic N) is 1. The summed E-state index contributed by atoms with van der Waals surface area (Å²) in [4.78, 5) is 21.4. The van der Waals surface area contributed by atoms with Gasteiger partial charge in [0.2, 0.25) is 5.91 Å². The van der Waals surface area contributed by atoms with E-state index >= 15 is 0 Å². The zero-order valence-electron chi connectivity index (χ0n) is 10.1. The SMILES string of the molecule is CN(C)C(=O)[C@@H]1CC(F)(F)CN1.O=C(O)C(F)(F)F. The third kappa shape index (κ3) is 6.32. The summed E-state index contributed by atoms with van der Waals surface area (Å²) < 4.78 is 56.9. The number of amides is 1. The second-order valence-corrected chi connectivity index (χ2v) is 4.03. The summed E-state index contributed by atoms with van der Waals surface area (Å²) in [5.41, 5.74) is 0. The van der Waals surface area contributed by atoms with Gasteiger partial charge in [-0.2, -0.15) is 13.2 Å². The third-order valence-corrected chi connectivity index (χ3v) is 2.09. The molecule has 0 unspecified atom stereocenters. The number of carboxylic acids is 1. The van der Waals surface area contributed by atoms with Crippen LogP contribution in [0.25, 0.3) is 0 Å². The van der Waals surface area contributed by atoms with E-state index in [1.165, 1.54) is 4.90 Å². The van der Waals surface area contributed by atoms with Gasteiger partial charge < -0.3 is 10.0 Å². The van der Waals surface area contributed by atoms with Crippen molar-refractivity contribution in [3.05, 3.63) is 0 Å². The van der Waals surface area contributed by atoms with Crippen molar-refractivity contribution < 1.29 is 36.6 Å². The van der Waals surface area contributed by atoms with Gasteiger partial charge in [0.05, 0.1) is 12.6 Å². The van der Waals surface area contributed by atoms with Gasteiger partial charge in [-0.15, -0.1) is 0 Å². The smallest absolute Gasteiger partial charge is 0.475 e. The summed E-state index contributed by atoms with van der Waals surface area (Å²) in [7, 11) is 3.11. The van der Waals surface area contributed by atoms with Crippen LogP contribution in [0.4, 0.5) is 22.0 Å². The van der Waals surface area contributed by atoms with Crippen molar-refractivity contribution in [1.82, 2.24) is 10.2 Å². The molecule has 10 heteroatoms. The maximum Gasteiger partial charge on any atom is 0.490 e. The van der Waals surface area contributed by atoms with Crippen molar-refractivity contribution in [2.75, 3.05) is 20.6 Å². The monoisotopic (exact) mass is 292 g/mol. The quantitative estimate of drug-likeness (QED) is 0.698. The van der Waals surface area contributed by atoms with Crippen molar-refractivity contribution in [3.8, 4) is 0 Å². The molecule has 1 atom stereocenters. The highest BCUT2D eigenvalue weighted by molar-refractivity contribution is 5.81. The Hall–Kier alpha value is -1.45. The van der Waals surface area contributed by atoms with Gasteiger partial charge in [0.25, 0.3) is 5.92 Å². The van der Waals surface area contributed by atoms with Crippen molar-refractivity contribution in [2.24, 2.45) is 0 Å². The fraction of sp³-hybridized carbons (Fsp3) is 0.778. The molecule has 0 aromatic heterocycles. The van der Waals surface area contributed by atoms with Crippen molar-refractivity contribution >= 4 is 11.9 Å². The number of nitrogens with one attached hydrogen (secondary N) is 1. The highest BCUT2D eigenvalue weighted by atomic mass is 19.4. The molecule has 19 heavy (non-hydrogen) atoms. The van der Waals surface area contributed by atoms with Crippen LogP contribution in [-0.4, -0.2) is 60.7 Å². The number of carbonyl (C=O) groups excluding carboxylic acids is 1. The van der Waals surface area contributed by atoms with Crippen LogP contribution in [0.2, 0.25) is 0 Å². The zero-order valence-corrected chi connectivity index (χ0v) is 10.1. The summed E-state index contributed by atoms with van der Waals surface area (Å²) in [5.74, 6) is -5.77. The van der Waals surface area contributed by atoms with E-state index in [2.05, 4.69) is 5.32 Å². The van der Waals surface area contributed by atoms with Gasteiger partial charge in [0.15, 0.2) is 0 Å². The lowest BCUT2D eigenvalue weighted by Crippen LogP contribution is -2.39. The highest BCUT2D eigenvalue weighted by Crippen LogP contribution is 2.25. The number of hydrogen-bond acceptors (Lipinski definition) is 3. The molecule has 0 aliphatic carbocycles. The Balaban J connectivity index is 0.000000399. The number of aliphatic carboxylic acids is 1. The summed E-state index contributed by atoms with van der Waals surface area (Å²) in [6.07, 6.45) is -5.47. The minimum atomic E-state index is -5.08. The Kier molecular flexibility index (Phi) is 5.66. The van der Waals surface area contributed by atoms with Crippen LogP contribution >= 0.6 is 0 Å². The van der Waals surface area contributed by atoms with Gasteiger partial charge >= 0.3 is 12.1 Å². The Bertz CT molecular complexity index is 343. The first-order valence-corrected chi connectivity index (χ1v) is 4.99. The lowest BCUT2D eigenvalue weighted by molar-refractivity contribution is -0.192. The summed E-state index contributed by atoms with van der Waals surface area (Å²) >= 11 is 0. The average Bonchev–Trinajstić information content (AvgIpc) is 2.57. The van der Waals surface area contributed by atoms with Crippen LogP contribution in [-0.2, 0) is 9.59 Å². The van der Waals surface area contributed by atoms with Crippen LogP contribution in [0.1, 0.15) is 6.42 Å². The molecule has 5 nitrogen and oxygen atoms in total. The molecule has 1 aliphatic heterocycles. The second kappa shape index (κ2) is 6.13. The van der Waals surface area contributed by atoms with Gasteiger partial charge in [0, 0.05) is 20.5 Å². The molecule has 0 bridgehead atoms. The Morgan fingerprint density at radius 2 is 1.74 bits per heavy atom. The molecule has 1 aliphatic rings. The Morgan fingerprint density at radius 1 is 1.32 bits per heavy atom. The topological polar surface area (TPSA) is 69.6 Å². The summed E-state index contributed by atoms with van der Waals surface area (Å²) in [6.45, 7) is -0.392. The predicted molar refractivity (Wildman–Crippen MR) is 53.7 cm³/mol. The lowest BCUT2D eigenvalue weighted by Gasteiger charge is -2.15. The molecule has 1 fully saturated rings. The molecule has 0 spiro atoms.